The molecule has 0 aliphatic rings. The van der Waals surface area contributed by atoms with Crippen molar-refractivity contribution in [2.24, 2.45) is 0 Å². The van der Waals surface area contributed by atoms with Gasteiger partial charge in [-0.1, -0.05) is 0 Å². The average molecular weight is 231 g/mol. The van der Waals surface area contributed by atoms with Crippen molar-refractivity contribution in [1.82, 2.24) is 4.98 Å². The number of pyridine rings is 1. The van der Waals surface area contributed by atoms with Gasteiger partial charge in [0.05, 0.1) is 11.1 Å². The number of halogens is 3. The van der Waals surface area contributed by atoms with Crippen molar-refractivity contribution in [3.63, 3.8) is 0 Å². The van der Waals surface area contributed by atoms with Crippen LogP contribution in [0.2, 0.25) is 0 Å². The number of carbonyl (C=O) groups is 1. The highest BCUT2D eigenvalue weighted by Crippen LogP contribution is 2.24. The predicted molar refractivity (Wildman–Crippen MR) is 48.8 cm³/mol. The van der Waals surface area contributed by atoms with Crippen molar-refractivity contribution in [2.75, 3.05) is 0 Å². The molecule has 0 aliphatic heterocycles. The topological polar surface area (TPSA) is 53.8 Å². The van der Waals surface area contributed by atoms with Crippen LogP contribution in [0.5, 0.6) is 0 Å². The van der Waals surface area contributed by atoms with Crippen LogP contribution in [-0.4, -0.2) is 10.2 Å². The molecule has 0 radical (unpaired) electrons. The summed E-state index contributed by atoms with van der Waals surface area (Å²) in [5.41, 5.74) is -1.19. The highest BCUT2D eigenvalue weighted by Gasteiger charge is 2.21. The number of hydrogen-bond donors (Lipinski definition) is 0. The number of aromatic nitrogens is 1. The van der Waals surface area contributed by atoms with Gasteiger partial charge in [-0.05, 0) is 24.6 Å². The SMILES string of the molecule is Cc1cc(C(=O)Cl)c(C#N)c(C(F)F)n1. The molecule has 1 aromatic heterocycles. The van der Waals surface area contributed by atoms with Gasteiger partial charge in [0.15, 0.2) is 0 Å². The van der Waals surface area contributed by atoms with Crippen LogP contribution in [0.1, 0.15) is 33.7 Å². The second-order valence-corrected chi connectivity index (χ2v) is 3.10. The Kier molecular flexibility index (Phi) is 3.32. The van der Waals surface area contributed by atoms with Crippen LogP contribution in [0.25, 0.3) is 0 Å². The molecule has 6 heteroatoms. The van der Waals surface area contributed by atoms with Crippen LogP contribution in [0.3, 0.4) is 0 Å². The Bertz CT molecular complexity index is 454. The Morgan fingerprint density at radius 3 is 2.67 bits per heavy atom. The summed E-state index contributed by atoms with van der Waals surface area (Å²) >= 11 is 5.17. The van der Waals surface area contributed by atoms with Crippen molar-refractivity contribution < 1.29 is 13.6 Å². The van der Waals surface area contributed by atoms with Crippen molar-refractivity contribution in [1.29, 1.82) is 5.26 Å². The number of alkyl halides is 2. The quantitative estimate of drug-likeness (QED) is 0.734. The summed E-state index contributed by atoms with van der Waals surface area (Å²) in [4.78, 5) is 14.4. The minimum Gasteiger partial charge on any atom is -0.276 e. The first kappa shape index (κ1) is 11.5. The molecule has 1 aromatic rings. The van der Waals surface area contributed by atoms with Crippen LogP contribution < -0.4 is 0 Å². The Labute approximate surface area is 89.3 Å². The summed E-state index contributed by atoms with van der Waals surface area (Å²) in [5, 5.41) is 7.71. The van der Waals surface area contributed by atoms with Crippen LogP contribution in [0.15, 0.2) is 6.07 Å². The standard InChI is InChI=1S/C9H5ClF2N2O/c1-4-2-5(8(10)15)6(3-13)7(14-4)9(11)12/h2,9H,1H3. The molecular weight excluding hydrogens is 226 g/mol. The lowest BCUT2D eigenvalue weighted by atomic mass is 10.1. The van der Waals surface area contributed by atoms with Crippen LogP contribution in [0, 0.1) is 18.3 Å². The third-order valence-electron chi connectivity index (χ3n) is 1.71. The van der Waals surface area contributed by atoms with Crippen molar-refractivity contribution in [3.05, 3.63) is 28.6 Å². The van der Waals surface area contributed by atoms with Gasteiger partial charge >= 0.3 is 0 Å². The molecule has 0 saturated heterocycles. The lowest BCUT2D eigenvalue weighted by molar-refractivity contribution is 0.108. The third kappa shape index (κ3) is 2.28. The van der Waals surface area contributed by atoms with Gasteiger partial charge in [0.2, 0.25) is 0 Å². The van der Waals surface area contributed by atoms with E-state index in [9.17, 15) is 13.6 Å². The second-order valence-electron chi connectivity index (χ2n) is 2.76. The molecule has 15 heavy (non-hydrogen) atoms. The fraction of sp³-hybridized carbons (Fsp3) is 0.222. The Morgan fingerprint density at radius 1 is 1.67 bits per heavy atom. The summed E-state index contributed by atoms with van der Waals surface area (Å²) < 4.78 is 24.9. The fourth-order valence-electron chi connectivity index (χ4n) is 1.13. The largest absolute Gasteiger partial charge is 0.281 e. The number of nitrogens with zero attached hydrogens (tertiary/aromatic N) is 2. The third-order valence-corrected chi connectivity index (χ3v) is 1.91. The molecule has 1 heterocycles. The fourth-order valence-corrected chi connectivity index (χ4v) is 1.28. The zero-order valence-electron chi connectivity index (χ0n) is 7.59. The zero-order valence-corrected chi connectivity index (χ0v) is 8.35. The highest BCUT2D eigenvalue weighted by atomic mass is 35.5. The first-order valence-electron chi connectivity index (χ1n) is 3.87. The van der Waals surface area contributed by atoms with Crippen LogP contribution >= 0.6 is 11.6 Å². The number of aryl methyl sites for hydroxylation is 1. The molecule has 0 unspecified atom stereocenters. The Balaban J connectivity index is 3.54. The zero-order chi connectivity index (χ0) is 11.6. The van der Waals surface area contributed by atoms with E-state index in [4.69, 9.17) is 16.9 Å². The molecule has 0 atom stereocenters. The van der Waals surface area contributed by atoms with E-state index in [-0.39, 0.29) is 11.3 Å². The summed E-state index contributed by atoms with van der Waals surface area (Å²) in [7, 11) is 0. The lowest BCUT2D eigenvalue weighted by Gasteiger charge is -2.06. The molecule has 0 aliphatic carbocycles. The van der Waals surface area contributed by atoms with Gasteiger partial charge in [-0.15, -0.1) is 0 Å². The average Bonchev–Trinajstić information content (AvgIpc) is 2.16. The Morgan fingerprint density at radius 2 is 2.27 bits per heavy atom. The lowest BCUT2D eigenvalue weighted by Crippen LogP contribution is -2.04. The molecule has 3 nitrogen and oxygen atoms in total. The molecule has 0 amide bonds. The van der Waals surface area contributed by atoms with E-state index in [2.05, 4.69) is 4.98 Å². The van der Waals surface area contributed by atoms with Crippen molar-refractivity contribution in [2.45, 2.75) is 13.3 Å². The van der Waals surface area contributed by atoms with E-state index in [1.54, 1.807) is 0 Å². The Hall–Kier alpha value is -1.54. The minimum atomic E-state index is -2.91. The molecule has 0 spiro atoms. The van der Waals surface area contributed by atoms with Crippen LogP contribution in [-0.2, 0) is 0 Å². The van der Waals surface area contributed by atoms with Gasteiger partial charge in [0.25, 0.3) is 11.7 Å². The first-order valence-corrected chi connectivity index (χ1v) is 4.24. The smallest absolute Gasteiger partial charge is 0.276 e. The normalized spacial score (nSPS) is 10.1. The second kappa shape index (κ2) is 4.32. The predicted octanol–water partition coefficient (Wildman–Crippen LogP) is 2.58. The number of rotatable bonds is 2. The van der Waals surface area contributed by atoms with E-state index < -0.39 is 22.9 Å². The summed E-state index contributed by atoms with van der Waals surface area (Å²) in [6.45, 7) is 1.44. The van der Waals surface area contributed by atoms with E-state index in [0.29, 0.717) is 0 Å². The van der Waals surface area contributed by atoms with Crippen molar-refractivity contribution >= 4 is 16.8 Å². The van der Waals surface area contributed by atoms with Gasteiger partial charge in [0, 0.05) is 5.69 Å². The number of hydrogen-bond acceptors (Lipinski definition) is 3. The molecule has 78 valence electrons. The molecule has 0 aromatic carbocycles. The van der Waals surface area contributed by atoms with Gasteiger partial charge in [0.1, 0.15) is 11.8 Å². The van der Waals surface area contributed by atoms with Gasteiger partial charge in [-0.25, -0.2) is 8.78 Å². The molecular formula is C9H5ClF2N2O. The van der Waals surface area contributed by atoms with Crippen molar-refractivity contribution in [3.8, 4) is 6.07 Å². The maximum Gasteiger partial charge on any atom is 0.281 e. The van der Waals surface area contributed by atoms with E-state index in [1.807, 2.05) is 0 Å². The molecule has 1 rings (SSSR count). The molecule has 0 bridgehead atoms. The first-order chi connectivity index (χ1) is 6.97. The van der Waals surface area contributed by atoms with E-state index >= 15 is 0 Å². The monoisotopic (exact) mass is 230 g/mol. The summed E-state index contributed by atoms with van der Waals surface area (Å²) in [5.74, 6) is 0. The molecule has 0 fully saturated rings. The number of carbonyl (C=O) groups excluding carboxylic acids is 1. The van der Waals surface area contributed by atoms with Crippen LogP contribution in [0.4, 0.5) is 8.78 Å². The molecule has 0 saturated carbocycles. The highest BCUT2D eigenvalue weighted by molar-refractivity contribution is 6.68. The molecule has 0 N–H and O–H groups in total. The van der Waals surface area contributed by atoms with Gasteiger partial charge in [-0.3, -0.25) is 9.78 Å². The number of nitriles is 1. The minimum absolute atomic E-state index is 0.216. The maximum absolute atomic E-state index is 12.5. The van der Waals surface area contributed by atoms with E-state index in [0.717, 1.165) is 0 Å². The van der Waals surface area contributed by atoms with E-state index in [1.165, 1.54) is 19.1 Å². The maximum atomic E-state index is 12.5. The summed E-state index contributed by atoms with van der Waals surface area (Å²) in [6, 6.07) is 2.71. The van der Waals surface area contributed by atoms with Gasteiger partial charge < -0.3 is 0 Å². The summed E-state index contributed by atoms with van der Waals surface area (Å²) in [6.07, 6.45) is -2.91. The van der Waals surface area contributed by atoms with Gasteiger partial charge in [-0.2, -0.15) is 5.26 Å².